The summed E-state index contributed by atoms with van der Waals surface area (Å²) < 4.78 is 0. The summed E-state index contributed by atoms with van der Waals surface area (Å²) in [7, 11) is 1.70. The van der Waals surface area contributed by atoms with Gasteiger partial charge in [-0.25, -0.2) is 0 Å². The molecule has 0 bridgehead atoms. The summed E-state index contributed by atoms with van der Waals surface area (Å²) in [5.74, 6) is -0.964. The maximum atomic E-state index is 12.4. The normalized spacial score (nSPS) is 18.7. The van der Waals surface area contributed by atoms with Gasteiger partial charge in [0.1, 0.15) is 6.04 Å². The van der Waals surface area contributed by atoms with E-state index in [4.69, 9.17) is 23.2 Å². The van der Waals surface area contributed by atoms with Crippen LogP contribution in [0.1, 0.15) is 24.8 Å². The van der Waals surface area contributed by atoms with Crippen molar-refractivity contribution in [3.05, 3.63) is 33.8 Å². The Morgan fingerprint density at radius 1 is 1.30 bits per heavy atom. The second kappa shape index (κ2) is 7.99. The van der Waals surface area contributed by atoms with E-state index in [2.05, 4.69) is 0 Å². The first-order valence-electron chi connectivity index (χ1n) is 7.53. The summed E-state index contributed by atoms with van der Waals surface area (Å²) in [6, 6.07) is 4.68. The molecule has 1 aliphatic rings. The molecule has 126 valence electrons. The molecule has 2 rings (SSSR count). The van der Waals surface area contributed by atoms with Crippen LogP contribution in [0.25, 0.3) is 0 Å². The van der Waals surface area contributed by atoms with E-state index in [1.54, 1.807) is 29.0 Å². The number of rotatable bonds is 5. The van der Waals surface area contributed by atoms with E-state index in [9.17, 15) is 14.7 Å². The third kappa shape index (κ3) is 4.83. The number of likely N-dealkylation sites (tertiary alicyclic amines) is 1. The van der Waals surface area contributed by atoms with Crippen LogP contribution < -0.4 is 0 Å². The van der Waals surface area contributed by atoms with E-state index >= 15 is 0 Å². The lowest BCUT2D eigenvalue weighted by molar-refractivity contribution is -0.146. The Morgan fingerprint density at radius 3 is 2.70 bits per heavy atom. The number of nitrogens with zero attached hydrogens (tertiary/aromatic N) is 2. The maximum absolute atomic E-state index is 12.4. The van der Waals surface area contributed by atoms with Gasteiger partial charge in [-0.2, -0.15) is 0 Å². The van der Waals surface area contributed by atoms with Crippen LogP contribution in [0.15, 0.2) is 18.2 Å². The molecule has 23 heavy (non-hydrogen) atoms. The van der Waals surface area contributed by atoms with Crippen molar-refractivity contribution < 1.29 is 14.7 Å². The van der Waals surface area contributed by atoms with E-state index in [1.807, 2.05) is 6.07 Å². The zero-order chi connectivity index (χ0) is 17.0. The van der Waals surface area contributed by atoms with Gasteiger partial charge in [0.25, 0.3) is 0 Å². The Hall–Kier alpha value is -1.30. The molecule has 0 aliphatic carbocycles. The largest absolute Gasteiger partial charge is 0.480 e. The molecule has 1 amide bonds. The van der Waals surface area contributed by atoms with Gasteiger partial charge in [0.05, 0.1) is 16.6 Å². The Balaban J connectivity index is 1.96. The minimum absolute atomic E-state index is 0.107. The average Bonchev–Trinajstić information content (AvgIpc) is 2.51. The molecule has 1 aromatic rings. The van der Waals surface area contributed by atoms with E-state index < -0.39 is 12.0 Å². The molecule has 1 unspecified atom stereocenters. The van der Waals surface area contributed by atoms with Crippen molar-refractivity contribution in [3.8, 4) is 0 Å². The van der Waals surface area contributed by atoms with E-state index in [0.717, 1.165) is 18.4 Å². The predicted octanol–water partition coefficient (Wildman–Crippen LogP) is 2.89. The minimum atomic E-state index is -0.857. The number of halogens is 2. The third-order valence-corrected chi connectivity index (χ3v) is 4.81. The van der Waals surface area contributed by atoms with E-state index in [-0.39, 0.29) is 12.5 Å². The molecule has 0 aromatic heterocycles. The van der Waals surface area contributed by atoms with Crippen molar-refractivity contribution >= 4 is 35.1 Å². The van der Waals surface area contributed by atoms with Crippen LogP contribution in [0, 0.1) is 0 Å². The number of hydrogen-bond acceptors (Lipinski definition) is 3. The Bertz CT molecular complexity index is 595. The highest BCUT2D eigenvalue weighted by Gasteiger charge is 2.30. The number of carboxylic acid groups (broad SMARTS) is 1. The van der Waals surface area contributed by atoms with Gasteiger partial charge in [-0.1, -0.05) is 35.7 Å². The first kappa shape index (κ1) is 18.0. The molecular formula is C16H20Cl2N2O3. The molecule has 1 aliphatic heterocycles. The number of likely N-dealkylation sites (N-methyl/N-ethyl adjacent to an activating group) is 1. The first-order chi connectivity index (χ1) is 10.9. The molecule has 1 atom stereocenters. The molecule has 1 N–H and O–H groups in total. The number of hydrogen-bond donors (Lipinski definition) is 1. The van der Waals surface area contributed by atoms with Crippen molar-refractivity contribution in [2.75, 3.05) is 20.1 Å². The lowest BCUT2D eigenvalue weighted by Crippen LogP contribution is -2.49. The predicted molar refractivity (Wildman–Crippen MR) is 89.8 cm³/mol. The highest BCUT2D eigenvalue weighted by Crippen LogP contribution is 2.23. The van der Waals surface area contributed by atoms with Crippen molar-refractivity contribution in [2.24, 2.45) is 0 Å². The lowest BCUT2D eigenvalue weighted by Gasteiger charge is -2.33. The highest BCUT2D eigenvalue weighted by atomic mass is 35.5. The van der Waals surface area contributed by atoms with Gasteiger partial charge in [0, 0.05) is 13.6 Å². The van der Waals surface area contributed by atoms with Gasteiger partial charge in [-0.05, 0) is 37.1 Å². The molecule has 1 saturated heterocycles. The summed E-state index contributed by atoms with van der Waals surface area (Å²) in [6.07, 6.45) is 2.41. The van der Waals surface area contributed by atoms with Crippen LogP contribution in [0.4, 0.5) is 0 Å². The summed E-state index contributed by atoms with van der Waals surface area (Å²) >= 11 is 11.9. The summed E-state index contributed by atoms with van der Waals surface area (Å²) in [4.78, 5) is 27.0. The van der Waals surface area contributed by atoms with Crippen LogP contribution >= 0.6 is 23.2 Å². The van der Waals surface area contributed by atoms with Gasteiger partial charge in [-0.3, -0.25) is 14.5 Å². The molecule has 0 saturated carbocycles. The van der Waals surface area contributed by atoms with Crippen molar-refractivity contribution in [2.45, 2.75) is 31.8 Å². The number of carboxylic acids is 1. The van der Waals surface area contributed by atoms with Crippen LogP contribution in [-0.2, 0) is 16.1 Å². The number of carbonyl (C=O) groups is 2. The standard InChI is InChI=1S/C16H20Cl2N2O3/c1-19(9-11-5-6-12(17)13(18)8-11)15(21)10-20-7-3-2-4-14(20)16(22)23/h5-6,8,14H,2-4,7,9-10H2,1H3,(H,22,23). The molecule has 0 spiro atoms. The summed E-state index contributed by atoms with van der Waals surface area (Å²) in [6.45, 7) is 1.17. The molecule has 7 heteroatoms. The van der Waals surface area contributed by atoms with Gasteiger partial charge in [-0.15, -0.1) is 0 Å². The van der Waals surface area contributed by atoms with Crippen molar-refractivity contribution in [1.29, 1.82) is 0 Å². The zero-order valence-electron chi connectivity index (χ0n) is 13.0. The Morgan fingerprint density at radius 2 is 2.04 bits per heavy atom. The number of piperidine rings is 1. The number of carbonyl (C=O) groups excluding carboxylic acids is 1. The number of amides is 1. The van der Waals surface area contributed by atoms with Crippen molar-refractivity contribution in [3.63, 3.8) is 0 Å². The third-order valence-electron chi connectivity index (χ3n) is 4.07. The molecule has 0 radical (unpaired) electrons. The average molecular weight is 359 g/mol. The second-order valence-corrected chi connectivity index (χ2v) is 6.63. The number of benzene rings is 1. The monoisotopic (exact) mass is 358 g/mol. The quantitative estimate of drug-likeness (QED) is 0.878. The van der Waals surface area contributed by atoms with Gasteiger partial charge in [0.2, 0.25) is 5.91 Å². The van der Waals surface area contributed by atoms with Crippen LogP contribution in [0.2, 0.25) is 10.0 Å². The Kier molecular flexibility index (Phi) is 6.27. The molecule has 1 heterocycles. The van der Waals surface area contributed by atoms with Crippen LogP contribution in [-0.4, -0.2) is 53.0 Å². The SMILES string of the molecule is CN(Cc1ccc(Cl)c(Cl)c1)C(=O)CN1CCCCC1C(=O)O. The van der Waals surface area contributed by atoms with Gasteiger partial charge in [0.15, 0.2) is 0 Å². The van der Waals surface area contributed by atoms with E-state index in [0.29, 0.717) is 29.6 Å². The smallest absolute Gasteiger partial charge is 0.320 e. The first-order valence-corrected chi connectivity index (χ1v) is 8.29. The second-order valence-electron chi connectivity index (χ2n) is 5.82. The molecule has 1 fully saturated rings. The fourth-order valence-electron chi connectivity index (χ4n) is 2.75. The van der Waals surface area contributed by atoms with Gasteiger partial charge < -0.3 is 10.0 Å². The lowest BCUT2D eigenvalue weighted by atomic mass is 10.0. The topological polar surface area (TPSA) is 60.9 Å². The minimum Gasteiger partial charge on any atom is -0.480 e. The van der Waals surface area contributed by atoms with Crippen LogP contribution in [0.5, 0.6) is 0 Å². The molecule has 1 aromatic carbocycles. The van der Waals surface area contributed by atoms with Crippen LogP contribution in [0.3, 0.4) is 0 Å². The number of aliphatic carboxylic acids is 1. The fraction of sp³-hybridized carbons (Fsp3) is 0.500. The summed E-state index contributed by atoms with van der Waals surface area (Å²) in [5.41, 5.74) is 0.878. The molecule has 5 nitrogen and oxygen atoms in total. The van der Waals surface area contributed by atoms with E-state index in [1.165, 1.54) is 0 Å². The molecular weight excluding hydrogens is 339 g/mol. The van der Waals surface area contributed by atoms with Crippen molar-refractivity contribution in [1.82, 2.24) is 9.80 Å². The Labute approximate surface area is 145 Å². The zero-order valence-corrected chi connectivity index (χ0v) is 14.5. The fourth-order valence-corrected chi connectivity index (χ4v) is 3.08. The maximum Gasteiger partial charge on any atom is 0.320 e. The highest BCUT2D eigenvalue weighted by molar-refractivity contribution is 6.42. The van der Waals surface area contributed by atoms with Gasteiger partial charge >= 0.3 is 5.97 Å². The summed E-state index contributed by atoms with van der Waals surface area (Å²) in [5, 5.41) is 10.2.